The number of nitrogens with zero attached hydrogens (tertiary/aromatic N) is 1. The Kier molecular flexibility index (Phi) is 3.03. The molecule has 3 heteroatoms. The summed E-state index contributed by atoms with van der Waals surface area (Å²) in [6, 6.07) is 14.2. The number of halogens is 1. The van der Waals surface area contributed by atoms with Gasteiger partial charge in [0.05, 0.1) is 11.4 Å². The largest absolute Gasteiger partial charge is 0.299 e. The highest BCUT2D eigenvalue weighted by Crippen LogP contribution is 2.37. The minimum Gasteiger partial charge on any atom is -0.299 e. The second-order valence-electron chi connectivity index (χ2n) is 4.82. The minimum atomic E-state index is 0.512. The SMILES string of the molecule is CC(=N)N1c2ccccc2CCc2ccc(Cl)cc21. The molecule has 0 radical (unpaired) electrons. The number of amidine groups is 1. The number of hydrogen-bond donors (Lipinski definition) is 1. The van der Waals surface area contributed by atoms with Gasteiger partial charge in [0.25, 0.3) is 0 Å². The molecule has 96 valence electrons. The average Bonchev–Trinajstić information content (AvgIpc) is 2.54. The molecule has 0 aromatic heterocycles. The molecule has 2 aromatic rings. The molecule has 1 heterocycles. The Bertz CT molecular complexity index is 649. The predicted molar refractivity (Wildman–Crippen MR) is 80.8 cm³/mol. The lowest BCUT2D eigenvalue weighted by molar-refractivity contribution is 0.977. The van der Waals surface area contributed by atoms with Crippen LogP contribution in [-0.4, -0.2) is 5.84 Å². The van der Waals surface area contributed by atoms with Gasteiger partial charge in [-0.15, -0.1) is 0 Å². The summed E-state index contributed by atoms with van der Waals surface area (Å²) in [5, 5.41) is 8.81. The summed E-state index contributed by atoms with van der Waals surface area (Å²) in [6.07, 6.45) is 1.97. The van der Waals surface area contributed by atoms with E-state index in [4.69, 9.17) is 17.0 Å². The van der Waals surface area contributed by atoms with Gasteiger partial charge >= 0.3 is 0 Å². The van der Waals surface area contributed by atoms with Crippen LogP contribution in [0.5, 0.6) is 0 Å². The maximum absolute atomic E-state index is 8.10. The third-order valence-corrected chi connectivity index (χ3v) is 3.75. The van der Waals surface area contributed by atoms with Crippen LogP contribution in [0.1, 0.15) is 18.1 Å². The Morgan fingerprint density at radius 3 is 2.47 bits per heavy atom. The summed E-state index contributed by atoms with van der Waals surface area (Å²) < 4.78 is 0. The lowest BCUT2D eigenvalue weighted by Crippen LogP contribution is -2.23. The van der Waals surface area contributed by atoms with Gasteiger partial charge in [0.1, 0.15) is 5.84 Å². The molecule has 0 spiro atoms. The fourth-order valence-corrected chi connectivity index (χ4v) is 2.82. The summed E-state index contributed by atoms with van der Waals surface area (Å²) in [5.74, 6) is 0.512. The molecule has 19 heavy (non-hydrogen) atoms. The highest BCUT2D eigenvalue weighted by molar-refractivity contribution is 6.31. The Labute approximate surface area is 118 Å². The zero-order valence-electron chi connectivity index (χ0n) is 10.8. The standard InChI is InChI=1S/C16H15ClN2/c1-11(18)19-15-5-3-2-4-12(15)6-7-13-8-9-14(17)10-16(13)19/h2-5,8-10,18H,6-7H2,1H3. The van der Waals surface area contributed by atoms with Crippen LogP contribution in [0.25, 0.3) is 0 Å². The highest BCUT2D eigenvalue weighted by atomic mass is 35.5. The summed E-state index contributed by atoms with van der Waals surface area (Å²) in [6.45, 7) is 1.81. The van der Waals surface area contributed by atoms with E-state index in [0.29, 0.717) is 10.9 Å². The van der Waals surface area contributed by atoms with E-state index in [2.05, 4.69) is 24.3 Å². The molecule has 0 fully saturated rings. The Morgan fingerprint density at radius 1 is 1.05 bits per heavy atom. The number of benzene rings is 2. The number of anilines is 2. The summed E-state index contributed by atoms with van der Waals surface area (Å²) in [5.41, 5.74) is 4.65. The zero-order valence-corrected chi connectivity index (χ0v) is 11.5. The first-order chi connectivity index (χ1) is 9.16. The fraction of sp³-hybridized carbons (Fsp3) is 0.188. The average molecular weight is 271 g/mol. The van der Waals surface area contributed by atoms with Crippen LogP contribution in [0.4, 0.5) is 11.4 Å². The number of rotatable bonds is 0. The Morgan fingerprint density at radius 2 is 1.74 bits per heavy atom. The van der Waals surface area contributed by atoms with Gasteiger partial charge in [0.2, 0.25) is 0 Å². The van der Waals surface area contributed by atoms with E-state index in [0.717, 1.165) is 24.2 Å². The number of nitrogens with one attached hydrogen (secondary N) is 1. The lowest BCUT2D eigenvalue weighted by atomic mass is 10.0. The minimum absolute atomic E-state index is 0.512. The third-order valence-electron chi connectivity index (χ3n) is 3.52. The first-order valence-electron chi connectivity index (χ1n) is 6.38. The van der Waals surface area contributed by atoms with E-state index in [1.165, 1.54) is 11.1 Å². The third kappa shape index (κ3) is 2.13. The van der Waals surface area contributed by atoms with Crippen molar-refractivity contribution < 1.29 is 0 Å². The van der Waals surface area contributed by atoms with Crippen molar-refractivity contribution in [3.63, 3.8) is 0 Å². The van der Waals surface area contributed by atoms with Crippen molar-refractivity contribution in [3.8, 4) is 0 Å². The van der Waals surface area contributed by atoms with Crippen molar-refractivity contribution in [2.24, 2.45) is 0 Å². The molecule has 0 amide bonds. The fourth-order valence-electron chi connectivity index (χ4n) is 2.66. The zero-order chi connectivity index (χ0) is 13.4. The van der Waals surface area contributed by atoms with Gasteiger partial charge in [-0.25, -0.2) is 0 Å². The van der Waals surface area contributed by atoms with Crippen LogP contribution in [0.15, 0.2) is 42.5 Å². The molecular formula is C16H15ClN2. The van der Waals surface area contributed by atoms with Gasteiger partial charge in [-0.2, -0.15) is 0 Å². The topological polar surface area (TPSA) is 27.1 Å². The van der Waals surface area contributed by atoms with Crippen LogP contribution in [0.3, 0.4) is 0 Å². The van der Waals surface area contributed by atoms with E-state index in [9.17, 15) is 0 Å². The highest BCUT2D eigenvalue weighted by Gasteiger charge is 2.21. The lowest BCUT2D eigenvalue weighted by Gasteiger charge is -2.25. The molecule has 1 N–H and O–H groups in total. The van der Waals surface area contributed by atoms with Crippen LogP contribution in [0, 0.1) is 5.41 Å². The predicted octanol–water partition coefficient (Wildman–Crippen LogP) is 4.57. The maximum Gasteiger partial charge on any atom is 0.102 e. The monoisotopic (exact) mass is 270 g/mol. The number of aryl methyl sites for hydroxylation is 2. The van der Waals surface area contributed by atoms with Crippen molar-refractivity contribution >= 4 is 28.8 Å². The van der Waals surface area contributed by atoms with Crippen LogP contribution in [0.2, 0.25) is 5.02 Å². The first kappa shape index (κ1) is 12.2. The Hall–Kier alpha value is -1.80. The molecule has 3 rings (SSSR count). The quantitative estimate of drug-likeness (QED) is 0.551. The van der Waals surface area contributed by atoms with E-state index in [-0.39, 0.29) is 0 Å². The molecule has 0 unspecified atom stereocenters. The van der Waals surface area contributed by atoms with Gasteiger partial charge in [-0.1, -0.05) is 35.9 Å². The summed E-state index contributed by atoms with van der Waals surface area (Å²) in [7, 11) is 0. The van der Waals surface area contributed by atoms with Gasteiger partial charge in [-0.3, -0.25) is 10.3 Å². The first-order valence-corrected chi connectivity index (χ1v) is 6.76. The van der Waals surface area contributed by atoms with E-state index in [1.807, 2.05) is 30.0 Å². The van der Waals surface area contributed by atoms with Gasteiger partial charge in [-0.05, 0) is 49.1 Å². The van der Waals surface area contributed by atoms with Gasteiger partial charge in [0.15, 0.2) is 0 Å². The van der Waals surface area contributed by atoms with Crippen LogP contribution < -0.4 is 4.90 Å². The van der Waals surface area contributed by atoms with Crippen molar-refractivity contribution in [3.05, 3.63) is 58.6 Å². The number of fused-ring (bicyclic) bond motifs is 2. The van der Waals surface area contributed by atoms with Crippen molar-refractivity contribution in [1.82, 2.24) is 0 Å². The van der Waals surface area contributed by atoms with Crippen LogP contribution >= 0.6 is 11.6 Å². The van der Waals surface area contributed by atoms with E-state index >= 15 is 0 Å². The van der Waals surface area contributed by atoms with E-state index in [1.54, 1.807) is 0 Å². The number of hydrogen-bond acceptors (Lipinski definition) is 1. The van der Waals surface area contributed by atoms with E-state index < -0.39 is 0 Å². The second kappa shape index (κ2) is 4.71. The second-order valence-corrected chi connectivity index (χ2v) is 5.26. The molecule has 1 aliphatic heterocycles. The summed E-state index contributed by atoms with van der Waals surface area (Å²) >= 11 is 6.13. The molecule has 0 aliphatic carbocycles. The molecule has 0 saturated heterocycles. The molecule has 2 nitrogen and oxygen atoms in total. The normalized spacial score (nSPS) is 13.5. The molecule has 0 saturated carbocycles. The Balaban J connectivity index is 2.25. The van der Waals surface area contributed by atoms with Gasteiger partial charge < -0.3 is 0 Å². The van der Waals surface area contributed by atoms with Crippen molar-refractivity contribution in [1.29, 1.82) is 5.41 Å². The molecule has 2 aromatic carbocycles. The number of para-hydroxylation sites is 1. The maximum atomic E-state index is 8.10. The van der Waals surface area contributed by atoms with Gasteiger partial charge in [0, 0.05) is 5.02 Å². The van der Waals surface area contributed by atoms with Crippen molar-refractivity contribution in [2.75, 3.05) is 4.90 Å². The molecule has 0 atom stereocenters. The van der Waals surface area contributed by atoms with Crippen molar-refractivity contribution in [2.45, 2.75) is 19.8 Å². The molecule has 1 aliphatic rings. The smallest absolute Gasteiger partial charge is 0.102 e. The molecule has 0 bridgehead atoms. The van der Waals surface area contributed by atoms with Crippen LogP contribution in [-0.2, 0) is 12.8 Å². The summed E-state index contributed by atoms with van der Waals surface area (Å²) in [4.78, 5) is 1.99. The molecular weight excluding hydrogens is 256 g/mol.